The lowest BCUT2D eigenvalue weighted by Crippen LogP contribution is -2.40. The van der Waals surface area contributed by atoms with Crippen LogP contribution < -0.4 is 10.6 Å². The minimum Gasteiger partial charge on any atom is -0.371 e. The third-order valence-electron chi connectivity index (χ3n) is 3.44. The maximum Gasteiger partial charge on any atom is 0.125 e. The van der Waals surface area contributed by atoms with Crippen molar-refractivity contribution in [3.63, 3.8) is 0 Å². The van der Waals surface area contributed by atoms with Crippen LogP contribution in [-0.2, 0) is 6.54 Å². The minimum absolute atomic E-state index is 0.189. The van der Waals surface area contributed by atoms with Gasteiger partial charge in [-0.3, -0.25) is 0 Å². The molecule has 3 heteroatoms. The Labute approximate surface area is 103 Å². The highest BCUT2D eigenvalue weighted by molar-refractivity contribution is 5.49. The Hall–Kier alpha value is -1.09. The number of halogens is 1. The van der Waals surface area contributed by atoms with Crippen molar-refractivity contribution in [2.24, 2.45) is 11.1 Å². The van der Waals surface area contributed by atoms with Crippen LogP contribution in [0.1, 0.15) is 32.3 Å². The molecule has 0 radical (unpaired) electrons. The number of benzene rings is 1. The number of hydrogen-bond acceptors (Lipinski definition) is 2. The number of anilines is 1. The normalized spacial score (nSPS) is 19.4. The Morgan fingerprint density at radius 2 is 2.12 bits per heavy atom. The van der Waals surface area contributed by atoms with Crippen LogP contribution in [-0.4, -0.2) is 13.1 Å². The largest absolute Gasteiger partial charge is 0.371 e. The molecule has 0 spiro atoms. The molecule has 0 amide bonds. The number of nitrogens with zero attached hydrogens (tertiary/aromatic N) is 1. The smallest absolute Gasteiger partial charge is 0.125 e. The highest BCUT2D eigenvalue weighted by Crippen LogP contribution is 2.32. The lowest BCUT2D eigenvalue weighted by Gasteiger charge is -2.39. The maximum absolute atomic E-state index is 13.5. The third kappa shape index (κ3) is 2.97. The van der Waals surface area contributed by atoms with Crippen molar-refractivity contribution in [2.75, 3.05) is 18.0 Å². The van der Waals surface area contributed by atoms with Crippen molar-refractivity contribution < 1.29 is 4.39 Å². The van der Waals surface area contributed by atoms with Crippen molar-refractivity contribution in [1.82, 2.24) is 0 Å². The molecule has 2 N–H and O–H groups in total. The summed E-state index contributed by atoms with van der Waals surface area (Å²) in [6.45, 7) is 6.92. The first kappa shape index (κ1) is 12.4. The van der Waals surface area contributed by atoms with E-state index in [2.05, 4.69) is 18.7 Å². The highest BCUT2D eigenvalue weighted by atomic mass is 19.1. The molecule has 1 aliphatic heterocycles. The van der Waals surface area contributed by atoms with Gasteiger partial charge in [0.25, 0.3) is 0 Å². The molecule has 0 aliphatic carbocycles. The summed E-state index contributed by atoms with van der Waals surface area (Å²) in [6.07, 6.45) is 2.41. The van der Waals surface area contributed by atoms with E-state index in [1.165, 1.54) is 18.9 Å². The molecule has 2 nitrogen and oxygen atoms in total. The molecule has 1 saturated heterocycles. The van der Waals surface area contributed by atoms with E-state index in [1.54, 1.807) is 6.07 Å². The summed E-state index contributed by atoms with van der Waals surface area (Å²) in [5, 5.41) is 0. The van der Waals surface area contributed by atoms with Gasteiger partial charge < -0.3 is 10.6 Å². The van der Waals surface area contributed by atoms with Crippen LogP contribution in [0, 0.1) is 11.2 Å². The third-order valence-corrected chi connectivity index (χ3v) is 3.44. The van der Waals surface area contributed by atoms with Crippen LogP contribution >= 0.6 is 0 Å². The highest BCUT2D eigenvalue weighted by Gasteiger charge is 2.26. The van der Waals surface area contributed by atoms with E-state index in [0.29, 0.717) is 12.0 Å². The molecule has 0 aromatic heterocycles. The molecule has 1 aliphatic rings. The van der Waals surface area contributed by atoms with Gasteiger partial charge in [-0.2, -0.15) is 0 Å². The molecule has 1 aromatic rings. The van der Waals surface area contributed by atoms with E-state index in [0.717, 1.165) is 24.3 Å². The average Bonchev–Trinajstić information content (AvgIpc) is 2.27. The molecule has 0 atom stereocenters. The monoisotopic (exact) mass is 236 g/mol. The second-order valence-electron chi connectivity index (χ2n) is 5.71. The van der Waals surface area contributed by atoms with Gasteiger partial charge in [0.1, 0.15) is 5.82 Å². The van der Waals surface area contributed by atoms with Crippen molar-refractivity contribution in [2.45, 2.75) is 33.2 Å². The molecule has 0 bridgehead atoms. The molecule has 1 heterocycles. The predicted octanol–water partition coefficient (Wildman–Crippen LogP) is 2.91. The number of piperidine rings is 1. The fraction of sp³-hybridized carbons (Fsp3) is 0.571. The fourth-order valence-electron chi connectivity index (χ4n) is 2.58. The topological polar surface area (TPSA) is 29.3 Å². The number of nitrogens with two attached hydrogens (primary N) is 1. The molecule has 1 fully saturated rings. The molecular weight excluding hydrogens is 215 g/mol. The van der Waals surface area contributed by atoms with Crippen LogP contribution in [0.15, 0.2) is 18.2 Å². The van der Waals surface area contributed by atoms with Crippen molar-refractivity contribution >= 4 is 5.69 Å². The molecule has 2 rings (SSSR count). The van der Waals surface area contributed by atoms with Crippen LogP contribution in [0.2, 0.25) is 0 Å². The van der Waals surface area contributed by atoms with Gasteiger partial charge in [0.05, 0.1) is 0 Å². The second-order valence-corrected chi connectivity index (χ2v) is 5.71. The Bertz CT molecular complexity index is 401. The standard InChI is InChI=1S/C14H21FN2/c1-14(2)4-3-5-17(10-14)13-7-11(9-16)6-12(15)8-13/h6-8H,3-5,9-10,16H2,1-2H3. The van der Waals surface area contributed by atoms with E-state index in [1.807, 2.05) is 6.07 Å². The average molecular weight is 236 g/mol. The zero-order chi connectivity index (χ0) is 12.5. The van der Waals surface area contributed by atoms with Gasteiger partial charge in [-0.05, 0) is 42.0 Å². The van der Waals surface area contributed by atoms with Crippen LogP contribution in [0.25, 0.3) is 0 Å². The summed E-state index contributed by atoms with van der Waals surface area (Å²) < 4.78 is 13.5. The minimum atomic E-state index is -0.189. The summed E-state index contributed by atoms with van der Waals surface area (Å²) in [5.74, 6) is -0.189. The SMILES string of the molecule is CC1(C)CCCN(c2cc(F)cc(CN)c2)C1. The lowest BCUT2D eigenvalue weighted by molar-refractivity contribution is 0.293. The first-order chi connectivity index (χ1) is 8.00. The molecule has 1 aromatic carbocycles. The van der Waals surface area contributed by atoms with E-state index >= 15 is 0 Å². The van der Waals surface area contributed by atoms with Gasteiger partial charge in [0, 0.05) is 25.3 Å². The Balaban J connectivity index is 2.24. The van der Waals surface area contributed by atoms with E-state index in [-0.39, 0.29) is 5.82 Å². The number of hydrogen-bond donors (Lipinski definition) is 1. The molecular formula is C14H21FN2. The van der Waals surface area contributed by atoms with Crippen molar-refractivity contribution in [3.8, 4) is 0 Å². The van der Waals surface area contributed by atoms with Gasteiger partial charge in [-0.25, -0.2) is 4.39 Å². The molecule has 0 saturated carbocycles. The second kappa shape index (κ2) is 4.65. The zero-order valence-electron chi connectivity index (χ0n) is 10.7. The zero-order valence-corrected chi connectivity index (χ0v) is 10.7. The van der Waals surface area contributed by atoms with Crippen molar-refractivity contribution in [3.05, 3.63) is 29.6 Å². The Morgan fingerprint density at radius 1 is 1.35 bits per heavy atom. The first-order valence-corrected chi connectivity index (χ1v) is 6.25. The Kier molecular flexibility index (Phi) is 3.38. The summed E-state index contributed by atoms with van der Waals surface area (Å²) in [6, 6.07) is 5.13. The summed E-state index contributed by atoms with van der Waals surface area (Å²) >= 11 is 0. The number of rotatable bonds is 2. The first-order valence-electron chi connectivity index (χ1n) is 6.25. The van der Waals surface area contributed by atoms with Gasteiger partial charge in [-0.15, -0.1) is 0 Å². The quantitative estimate of drug-likeness (QED) is 0.855. The van der Waals surface area contributed by atoms with Gasteiger partial charge in [-0.1, -0.05) is 13.8 Å². The summed E-state index contributed by atoms with van der Waals surface area (Å²) in [4.78, 5) is 2.27. The van der Waals surface area contributed by atoms with Crippen LogP contribution in [0.3, 0.4) is 0 Å². The van der Waals surface area contributed by atoms with E-state index in [9.17, 15) is 4.39 Å². The molecule has 0 unspecified atom stereocenters. The predicted molar refractivity (Wildman–Crippen MR) is 69.5 cm³/mol. The van der Waals surface area contributed by atoms with E-state index in [4.69, 9.17) is 5.73 Å². The van der Waals surface area contributed by atoms with Crippen molar-refractivity contribution in [1.29, 1.82) is 0 Å². The van der Waals surface area contributed by atoms with Gasteiger partial charge in [0.2, 0.25) is 0 Å². The van der Waals surface area contributed by atoms with Crippen LogP contribution in [0.4, 0.5) is 10.1 Å². The molecule has 17 heavy (non-hydrogen) atoms. The Morgan fingerprint density at radius 3 is 2.76 bits per heavy atom. The fourth-order valence-corrected chi connectivity index (χ4v) is 2.58. The van der Waals surface area contributed by atoms with Crippen LogP contribution in [0.5, 0.6) is 0 Å². The van der Waals surface area contributed by atoms with Gasteiger partial charge >= 0.3 is 0 Å². The maximum atomic E-state index is 13.5. The summed E-state index contributed by atoms with van der Waals surface area (Å²) in [7, 11) is 0. The molecule has 94 valence electrons. The summed E-state index contributed by atoms with van der Waals surface area (Å²) in [5.41, 5.74) is 7.73. The van der Waals surface area contributed by atoms with Gasteiger partial charge in [0.15, 0.2) is 0 Å². The lowest BCUT2D eigenvalue weighted by atomic mass is 9.84. The van der Waals surface area contributed by atoms with E-state index < -0.39 is 0 Å².